The van der Waals surface area contributed by atoms with E-state index in [4.69, 9.17) is 0 Å². The maximum absolute atomic E-state index is 4.50. The third-order valence-corrected chi connectivity index (χ3v) is 3.61. The molecule has 1 aliphatic heterocycles. The van der Waals surface area contributed by atoms with E-state index >= 15 is 0 Å². The SMILES string of the molecule is Cc1cc(N2CC(Cn3ccnc3C)C2)nc(C)n1. The van der Waals surface area contributed by atoms with Crippen molar-refractivity contribution in [2.75, 3.05) is 18.0 Å². The molecule has 100 valence electrons. The average molecular weight is 257 g/mol. The summed E-state index contributed by atoms with van der Waals surface area (Å²) in [5.41, 5.74) is 1.04. The van der Waals surface area contributed by atoms with Crippen LogP contribution in [0.2, 0.25) is 0 Å². The highest BCUT2D eigenvalue weighted by Crippen LogP contribution is 2.24. The molecule has 0 atom stereocenters. The number of hydrogen-bond donors (Lipinski definition) is 0. The van der Waals surface area contributed by atoms with Gasteiger partial charge in [0, 0.05) is 49.7 Å². The maximum Gasteiger partial charge on any atom is 0.132 e. The lowest BCUT2D eigenvalue weighted by atomic mass is 10.00. The molecule has 1 fully saturated rings. The molecule has 5 heteroatoms. The predicted octanol–water partition coefficient (Wildman–Crippen LogP) is 1.73. The Balaban J connectivity index is 1.62. The molecule has 0 aliphatic carbocycles. The predicted molar refractivity (Wildman–Crippen MR) is 74.2 cm³/mol. The molecule has 0 unspecified atom stereocenters. The van der Waals surface area contributed by atoms with E-state index in [0.29, 0.717) is 5.92 Å². The van der Waals surface area contributed by atoms with Crippen molar-refractivity contribution in [1.29, 1.82) is 0 Å². The third-order valence-electron chi connectivity index (χ3n) is 3.61. The van der Waals surface area contributed by atoms with Crippen LogP contribution in [-0.4, -0.2) is 32.6 Å². The lowest BCUT2D eigenvalue weighted by Crippen LogP contribution is -2.49. The van der Waals surface area contributed by atoms with Crippen LogP contribution in [-0.2, 0) is 6.54 Å². The molecular weight excluding hydrogens is 238 g/mol. The van der Waals surface area contributed by atoms with Crippen LogP contribution < -0.4 is 4.90 Å². The Morgan fingerprint density at radius 2 is 2.00 bits per heavy atom. The molecule has 3 rings (SSSR count). The number of nitrogens with zero attached hydrogens (tertiary/aromatic N) is 5. The number of rotatable bonds is 3. The summed E-state index contributed by atoms with van der Waals surface area (Å²) in [5, 5.41) is 0. The largest absolute Gasteiger partial charge is 0.356 e. The third kappa shape index (κ3) is 2.45. The zero-order valence-electron chi connectivity index (χ0n) is 11.7. The van der Waals surface area contributed by atoms with Gasteiger partial charge in [-0.15, -0.1) is 0 Å². The lowest BCUT2D eigenvalue weighted by molar-refractivity contribution is 0.352. The fourth-order valence-electron chi connectivity index (χ4n) is 2.61. The molecule has 2 aromatic rings. The Bertz CT molecular complexity index is 563. The van der Waals surface area contributed by atoms with Gasteiger partial charge in [-0.1, -0.05) is 0 Å². The van der Waals surface area contributed by atoms with Gasteiger partial charge >= 0.3 is 0 Å². The second kappa shape index (κ2) is 4.64. The molecule has 19 heavy (non-hydrogen) atoms. The van der Waals surface area contributed by atoms with Crippen molar-refractivity contribution in [2.24, 2.45) is 5.92 Å². The van der Waals surface area contributed by atoms with Gasteiger partial charge in [0.1, 0.15) is 17.5 Å². The van der Waals surface area contributed by atoms with Gasteiger partial charge in [0.15, 0.2) is 0 Å². The van der Waals surface area contributed by atoms with Crippen LogP contribution in [0.4, 0.5) is 5.82 Å². The van der Waals surface area contributed by atoms with Crippen LogP contribution >= 0.6 is 0 Å². The summed E-state index contributed by atoms with van der Waals surface area (Å²) in [5.74, 6) is 3.68. The van der Waals surface area contributed by atoms with Crippen molar-refractivity contribution >= 4 is 5.82 Å². The fraction of sp³-hybridized carbons (Fsp3) is 0.500. The van der Waals surface area contributed by atoms with E-state index in [1.807, 2.05) is 27.0 Å². The molecule has 0 bridgehead atoms. The Labute approximate surface area is 113 Å². The van der Waals surface area contributed by atoms with Crippen molar-refractivity contribution in [1.82, 2.24) is 19.5 Å². The van der Waals surface area contributed by atoms with E-state index < -0.39 is 0 Å². The van der Waals surface area contributed by atoms with Crippen LogP contribution in [0.25, 0.3) is 0 Å². The summed E-state index contributed by atoms with van der Waals surface area (Å²) < 4.78 is 2.22. The quantitative estimate of drug-likeness (QED) is 0.840. The smallest absolute Gasteiger partial charge is 0.132 e. The molecular formula is C14H19N5. The molecule has 0 spiro atoms. The molecule has 1 saturated heterocycles. The van der Waals surface area contributed by atoms with Crippen molar-refractivity contribution in [3.63, 3.8) is 0 Å². The van der Waals surface area contributed by atoms with E-state index in [0.717, 1.165) is 42.8 Å². The Hall–Kier alpha value is -1.91. The standard InChI is InChI=1S/C14H19N5/c1-10-6-14(17-11(2)16-10)19-8-13(9-19)7-18-5-4-15-12(18)3/h4-6,13H,7-9H2,1-3H3. The molecule has 3 heterocycles. The van der Waals surface area contributed by atoms with E-state index in [9.17, 15) is 0 Å². The topological polar surface area (TPSA) is 46.8 Å². The summed E-state index contributed by atoms with van der Waals surface area (Å²) in [7, 11) is 0. The normalized spacial score (nSPS) is 15.6. The van der Waals surface area contributed by atoms with Crippen LogP contribution in [0, 0.1) is 26.7 Å². The molecule has 0 saturated carbocycles. The molecule has 0 radical (unpaired) electrons. The van der Waals surface area contributed by atoms with Crippen molar-refractivity contribution in [2.45, 2.75) is 27.3 Å². The minimum absolute atomic E-state index is 0.684. The van der Waals surface area contributed by atoms with Crippen molar-refractivity contribution < 1.29 is 0 Å². The minimum atomic E-state index is 0.684. The second-order valence-electron chi connectivity index (χ2n) is 5.31. The molecule has 2 aromatic heterocycles. The van der Waals surface area contributed by atoms with Crippen molar-refractivity contribution in [3.8, 4) is 0 Å². The summed E-state index contributed by atoms with van der Waals surface area (Å²) in [6.07, 6.45) is 3.92. The van der Waals surface area contributed by atoms with E-state index in [1.165, 1.54) is 0 Å². The van der Waals surface area contributed by atoms with Crippen LogP contribution in [0.5, 0.6) is 0 Å². The Morgan fingerprint density at radius 1 is 1.21 bits per heavy atom. The van der Waals surface area contributed by atoms with Crippen LogP contribution in [0.15, 0.2) is 18.5 Å². The van der Waals surface area contributed by atoms with Gasteiger partial charge in [0.2, 0.25) is 0 Å². The first kappa shape index (κ1) is 12.1. The first-order valence-corrected chi connectivity index (χ1v) is 6.67. The Morgan fingerprint density at radius 3 is 2.63 bits per heavy atom. The maximum atomic E-state index is 4.50. The van der Waals surface area contributed by atoms with Crippen molar-refractivity contribution in [3.05, 3.63) is 35.8 Å². The number of anilines is 1. The zero-order chi connectivity index (χ0) is 13.4. The first-order valence-electron chi connectivity index (χ1n) is 6.67. The lowest BCUT2D eigenvalue weighted by Gasteiger charge is -2.40. The van der Waals surface area contributed by atoms with E-state index in [-0.39, 0.29) is 0 Å². The van der Waals surface area contributed by atoms with Gasteiger partial charge in [-0.05, 0) is 20.8 Å². The fourth-order valence-corrected chi connectivity index (χ4v) is 2.61. The van der Waals surface area contributed by atoms with Gasteiger partial charge < -0.3 is 9.47 Å². The summed E-state index contributed by atoms with van der Waals surface area (Å²) in [4.78, 5) is 15.4. The summed E-state index contributed by atoms with van der Waals surface area (Å²) >= 11 is 0. The zero-order valence-corrected chi connectivity index (χ0v) is 11.7. The number of aryl methyl sites for hydroxylation is 3. The number of hydrogen-bond acceptors (Lipinski definition) is 4. The van der Waals surface area contributed by atoms with Crippen LogP contribution in [0.1, 0.15) is 17.3 Å². The van der Waals surface area contributed by atoms with Gasteiger partial charge in [0.25, 0.3) is 0 Å². The average Bonchev–Trinajstić information content (AvgIpc) is 2.67. The van der Waals surface area contributed by atoms with Crippen LogP contribution in [0.3, 0.4) is 0 Å². The van der Waals surface area contributed by atoms with E-state index in [1.54, 1.807) is 0 Å². The van der Waals surface area contributed by atoms with Gasteiger partial charge in [0.05, 0.1) is 0 Å². The molecule has 0 N–H and O–H groups in total. The van der Waals surface area contributed by atoms with Gasteiger partial charge in [-0.2, -0.15) is 0 Å². The molecule has 0 aromatic carbocycles. The number of imidazole rings is 1. The molecule has 1 aliphatic rings. The highest BCUT2D eigenvalue weighted by atomic mass is 15.3. The first-order chi connectivity index (χ1) is 9.11. The second-order valence-corrected chi connectivity index (χ2v) is 5.31. The monoisotopic (exact) mass is 257 g/mol. The highest BCUT2D eigenvalue weighted by Gasteiger charge is 2.28. The van der Waals surface area contributed by atoms with E-state index in [2.05, 4.69) is 36.7 Å². The van der Waals surface area contributed by atoms with Gasteiger partial charge in [-0.25, -0.2) is 15.0 Å². The summed E-state index contributed by atoms with van der Waals surface area (Å²) in [6, 6.07) is 2.06. The Kier molecular flexibility index (Phi) is 2.97. The highest BCUT2D eigenvalue weighted by molar-refractivity contribution is 5.42. The van der Waals surface area contributed by atoms with Gasteiger partial charge in [-0.3, -0.25) is 0 Å². The molecule has 5 nitrogen and oxygen atoms in total. The number of aromatic nitrogens is 4. The molecule has 0 amide bonds. The minimum Gasteiger partial charge on any atom is -0.356 e. The summed E-state index contributed by atoms with van der Waals surface area (Å²) in [6.45, 7) is 9.19.